The van der Waals surface area contributed by atoms with Crippen molar-refractivity contribution in [1.29, 1.82) is 0 Å². The maximum atomic E-state index is 10.7. The minimum absolute atomic E-state index is 0.0261. The summed E-state index contributed by atoms with van der Waals surface area (Å²) in [6.45, 7) is 4.46. The minimum Gasteiger partial charge on any atom is -0.477 e. The van der Waals surface area contributed by atoms with Gasteiger partial charge in [-0.2, -0.15) is 0 Å². The van der Waals surface area contributed by atoms with E-state index in [2.05, 4.69) is 10.3 Å². The van der Waals surface area contributed by atoms with Gasteiger partial charge in [0.25, 0.3) is 0 Å². The largest absolute Gasteiger partial charge is 0.477 e. The zero-order valence-electron chi connectivity index (χ0n) is 9.65. The van der Waals surface area contributed by atoms with Crippen molar-refractivity contribution in [3.8, 4) is 0 Å². The fourth-order valence-corrected chi connectivity index (χ4v) is 1.41. The van der Waals surface area contributed by atoms with E-state index < -0.39 is 5.97 Å². The summed E-state index contributed by atoms with van der Waals surface area (Å²) in [5.74, 6) is -1.03. The molecule has 1 rings (SSSR count). The van der Waals surface area contributed by atoms with Crippen LogP contribution in [-0.4, -0.2) is 35.3 Å². The number of carboxylic acids is 1. The number of anilines is 1. The van der Waals surface area contributed by atoms with Gasteiger partial charge in [-0.3, -0.25) is 0 Å². The van der Waals surface area contributed by atoms with Crippen molar-refractivity contribution in [2.45, 2.75) is 19.4 Å². The van der Waals surface area contributed by atoms with Gasteiger partial charge >= 0.3 is 5.97 Å². The number of nitrogens with zero attached hydrogens (tertiary/aromatic N) is 1. The molecule has 0 fully saturated rings. The van der Waals surface area contributed by atoms with Gasteiger partial charge in [-0.25, -0.2) is 9.78 Å². The zero-order valence-corrected chi connectivity index (χ0v) is 9.65. The lowest BCUT2D eigenvalue weighted by Gasteiger charge is -2.26. The Labute approximate surface area is 94.5 Å². The standard InChI is InChI=1S/C11H16N2O3/c1-11(2,7-16-3)13-8-4-5-12-9(6-8)10(14)15/h4-6H,7H2,1-3H3,(H,12,13)(H,14,15). The molecule has 1 aromatic rings. The van der Waals surface area contributed by atoms with Crippen LogP contribution in [0.15, 0.2) is 18.3 Å². The highest BCUT2D eigenvalue weighted by Gasteiger charge is 2.17. The van der Waals surface area contributed by atoms with Crippen LogP contribution >= 0.6 is 0 Å². The summed E-state index contributed by atoms with van der Waals surface area (Å²) in [6.07, 6.45) is 1.47. The average Bonchev–Trinajstić information content (AvgIpc) is 2.17. The third-order valence-corrected chi connectivity index (χ3v) is 1.97. The lowest BCUT2D eigenvalue weighted by molar-refractivity contribution is 0.0690. The molecule has 0 spiro atoms. The number of aromatic nitrogens is 1. The molecule has 0 bridgehead atoms. The van der Waals surface area contributed by atoms with E-state index >= 15 is 0 Å². The number of rotatable bonds is 5. The fraction of sp³-hybridized carbons (Fsp3) is 0.455. The van der Waals surface area contributed by atoms with Crippen molar-refractivity contribution in [2.75, 3.05) is 19.0 Å². The summed E-state index contributed by atoms with van der Waals surface area (Å²) < 4.78 is 5.06. The summed E-state index contributed by atoms with van der Waals surface area (Å²) in [6, 6.07) is 3.23. The van der Waals surface area contributed by atoms with Crippen molar-refractivity contribution in [3.63, 3.8) is 0 Å². The third-order valence-electron chi connectivity index (χ3n) is 1.97. The number of pyridine rings is 1. The van der Waals surface area contributed by atoms with Gasteiger partial charge in [0.15, 0.2) is 0 Å². The Kier molecular flexibility index (Phi) is 3.84. The van der Waals surface area contributed by atoms with Gasteiger partial charge in [0.05, 0.1) is 12.1 Å². The number of hydrogen-bond acceptors (Lipinski definition) is 4. The van der Waals surface area contributed by atoms with Crippen LogP contribution in [-0.2, 0) is 4.74 Å². The van der Waals surface area contributed by atoms with E-state index in [1.54, 1.807) is 13.2 Å². The Balaban J connectivity index is 2.81. The highest BCUT2D eigenvalue weighted by atomic mass is 16.5. The molecule has 16 heavy (non-hydrogen) atoms. The maximum absolute atomic E-state index is 10.7. The first-order valence-electron chi connectivity index (χ1n) is 4.91. The topological polar surface area (TPSA) is 71.5 Å². The van der Waals surface area contributed by atoms with E-state index in [-0.39, 0.29) is 11.2 Å². The summed E-state index contributed by atoms with van der Waals surface area (Å²) in [7, 11) is 1.62. The van der Waals surface area contributed by atoms with Crippen molar-refractivity contribution in [2.24, 2.45) is 0 Å². The van der Waals surface area contributed by atoms with Crippen LogP contribution in [0.5, 0.6) is 0 Å². The molecule has 0 aliphatic rings. The monoisotopic (exact) mass is 224 g/mol. The first-order valence-corrected chi connectivity index (χ1v) is 4.91. The molecule has 88 valence electrons. The molecular weight excluding hydrogens is 208 g/mol. The van der Waals surface area contributed by atoms with Gasteiger partial charge in [-0.1, -0.05) is 0 Å². The van der Waals surface area contributed by atoms with Gasteiger partial charge in [0.1, 0.15) is 5.69 Å². The molecule has 5 nitrogen and oxygen atoms in total. The van der Waals surface area contributed by atoms with Crippen LogP contribution in [0, 0.1) is 0 Å². The molecule has 2 N–H and O–H groups in total. The van der Waals surface area contributed by atoms with Crippen LogP contribution in [0.2, 0.25) is 0 Å². The Morgan fingerprint density at radius 2 is 2.31 bits per heavy atom. The quantitative estimate of drug-likeness (QED) is 0.795. The lowest BCUT2D eigenvalue weighted by atomic mass is 10.1. The first-order chi connectivity index (χ1) is 7.44. The third kappa shape index (κ3) is 3.51. The van der Waals surface area contributed by atoms with E-state index in [4.69, 9.17) is 9.84 Å². The summed E-state index contributed by atoms with van der Waals surface area (Å²) in [5, 5.41) is 12.0. The SMILES string of the molecule is COCC(C)(C)Nc1ccnc(C(=O)O)c1. The van der Waals surface area contributed by atoms with Crippen LogP contribution in [0.3, 0.4) is 0 Å². The van der Waals surface area contributed by atoms with Gasteiger partial charge in [0, 0.05) is 19.0 Å². The number of methoxy groups -OCH3 is 1. The van der Waals surface area contributed by atoms with E-state index in [0.717, 1.165) is 5.69 Å². The Hall–Kier alpha value is -1.62. The summed E-state index contributed by atoms with van der Waals surface area (Å²) >= 11 is 0. The predicted molar refractivity (Wildman–Crippen MR) is 60.8 cm³/mol. The van der Waals surface area contributed by atoms with Gasteiger partial charge in [-0.05, 0) is 26.0 Å². The number of ether oxygens (including phenoxy) is 1. The number of nitrogens with one attached hydrogen (secondary N) is 1. The van der Waals surface area contributed by atoms with E-state index in [1.807, 2.05) is 13.8 Å². The van der Waals surface area contributed by atoms with Crippen molar-refractivity contribution < 1.29 is 14.6 Å². The normalized spacial score (nSPS) is 11.2. The molecular formula is C11H16N2O3. The number of carbonyl (C=O) groups is 1. The fourth-order valence-electron chi connectivity index (χ4n) is 1.41. The number of hydrogen-bond donors (Lipinski definition) is 2. The molecule has 0 saturated carbocycles. The van der Waals surface area contributed by atoms with Gasteiger partial charge < -0.3 is 15.2 Å². The van der Waals surface area contributed by atoms with Gasteiger partial charge in [0.2, 0.25) is 0 Å². The predicted octanol–water partition coefficient (Wildman–Crippen LogP) is 1.62. The molecule has 1 heterocycles. The molecule has 0 aliphatic carbocycles. The first kappa shape index (κ1) is 12.4. The lowest BCUT2D eigenvalue weighted by Crippen LogP contribution is -2.35. The molecule has 5 heteroatoms. The van der Waals surface area contributed by atoms with E-state index in [1.165, 1.54) is 12.3 Å². The van der Waals surface area contributed by atoms with Gasteiger partial charge in [-0.15, -0.1) is 0 Å². The summed E-state index contributed by atoms with van der Waals surface area (Å²) in [5.41, 5.74) is 0.485. The van der Waals surface area contributed by atoms with Crippen LogP contribution in [0.25, 0.3) is 0 Å². The molecule has 0 atom stereocenters. The second kappa shape index (κ2) is 4.94. The second-order valence-electron chi connectivity index (χ2n) is 4.18. The molecule has 0 amide bonds. The highest BCUT2D eigenvalue weighted by molar-refractivity contribution is 5.86. The Bertz CT molecular complexity index is 377. The molecule has 0 aromatic carbocycles. The molecule has 1 aromatic heterocycles. The number of aromatic carboxylic acids is 1. The number of carboxylic acid groups (broad SMARTS) is 1. The maximum Gasteiger partial charge on any atom is 0.354 e. The van der Waals surface area contributed by atoms with E-state index in [9.17, 15) is 4.79 Å². The van der Waals surface area contributed by atoms with E-state index in [0.29, 0.717) is 6.61 Å². The zero-order chi connectivity index (χ0) is 12.2. The minimum atomic E-state index is -1.03. The van der Waals surface area contributed by atoms with Crippen molar-refractivity contribution in [1.82, 2.24) is 4.98 Å². The molecule has 0 saturated heterocycles. The Morgan fingerprint density at radius 3 is 2.88 bits per heavy atom. The van der Waals surface area contributed by atoms with Crippen LogP contribution < -0.4 is 5.32 Å². The summed E-state index contributed by atoms with van der Waals surface area (Å²) in [4.78, 5) is 14.5. The smallest absolute Gasteiger partial charge is 0.354 e. The second-order valence-corrected chi connectivity index (χ2v) is 4.18. The Morgan fingerprint density at radius 1 is 1.62 bits per heavy atom. The molecule has 0 unspecified atom stereocenters. The van der Waals surface area contributed by atoms with Crippen LogP contribution in [0.1, 0.15) is 24.3 Å². The molecule has 0 aliphatic heterocycles. The van der Waals surface area contributed by atoms with Crippen LogP contribution in [0.4, 0.5) is 5.69 Å². The highest BCUT2D eigenvalue weighted by Crippen LogP contribution is 2.15. The van der Waals surface area contributed by atoms with Crippen molar-refractivity contribution in [3.05, 3.63) is 24.0 Å². The molecule has 0 radical (unpaired) electrons. The average molecular weight is 224 g/mol. The van der Waals surface area contributed by atoms with Crippen molar-refractivity contribution >= 4 is 11.7 Å².